The quantitative estimate of drug-likeness (QED) is 0.186. The maximum Gasteiger partial charge on any atom is 0.264 e. The van der Waals surface area contributed by atoms with Crippen molar-refractivity contribution >= 4 is 55.1 Å². The number of carbonyl (C=O) groups is 2. The molecular formula is C33H33BrClN3O4S. The van der Waals surface area contributed by atoms with Crippen LogP contribution in [0.15, 0.2) is 119 Å². The first-order valence-electron chi connectivity index (χ1n) is 13.8. The van der Waals surface area contributed by atoms with E-state index in [1.807, 2.05) is 68.4 Å². The van der Waals surface area contributed by atoms with E-state index in [2.05, 4.69) is 21.2 Å². The number of hydrogen-bond acceptors (Lipinski definition) is 4. The Morgan fingerprint density at radius 2 is 1.47 bits per heavy atom. The zero-order valence-electron chi connectivity index (χ0n) is 23.9. The molecule has 0 radical (unpaired) electrons. The molecule has 0 bridgehead atoms. The van der Waals surface area contributed by atoms with Crippen LogP contribution in [-0.4, -0.2) is 43.8 Å². The van der Waals surface area contributed by atoms with Crippen molar-refractivity contribution in [1.82, 2.24) is 10.2 Å². The zero-order valence-corrected chi connectivity index (χ0v) is 27.0. The third kappa shape index (κ3) is 8.69. The zero-order chi connectivity index (χ0) is 31.0. The van der Waals surface area contributed by atoms with Gasteiger partial charge in [0, 0.05) is 28.5 Å². The molecule has 0 spiro atoms. The van der Waals surface area contributed by atoms with Gasteiger partial charge in [-0.2, -0.15) is 0 Å². The fourth-order valence-electron chi connectivity index (χ4n) is 4.60. The molecule has 0 saturated heterocycles. The van der Waals surface area contributed by atoms with Crippen LogP contribution in [-0.2, 0) is 32.6 Å². The van der Waals surface area contributed by atoms with Crippen LogP contribution in [0.25, 0.3) is 0 Å². The van der Waals surface area contributed by atoms with Gasteiger partial charge in [0.25, 0.3) is 10.0 Å². The number of amides is 2. The number of nitrogens with zero attached hydrogens (tertiary/aromatic N) is 2. The molecule has 4 aromatic rings. The van der Waals surface area contributed by atoms with E-state index < -0.39 is 28.5 Å². The summed E-state index contributed by atoms with van der Waals surface area (Å²) in [5.74, 6) is -0.869. The van der Waals surface area contributed by atoms with E-state index >= 15 is 0 Å². The van der Waals surface area contributed by atoms with Crippen molar-refractivity contribution in [3.05, 3.63) is 130 Å². The predicted octanol–water partition coefficient (Wildman–Crippen LogP) is 6.46. The van der Waals surface area contributed by atoms with Crippen molar-refractivity contribution in [1.29, 1.82) is 0 Å². The lowest BCUT2D eigenvalue weighted by Crippen LogP contribution is -2.54. The molecule has 0 aliphatic carbocycles. The highest BCUT2D eigenvalue weighted by atomic mass is 79.9. The molecule has 0 unspecified atom stereocenters. The molecule has 0 aliphatic rings. The van der Waals surface area contributed by atoms with Gasteiger partial charge in [-0.3, -0.25) is 13.9 Å². The lowest BCUT2D eigenvalue weighted by Gasteiger charge is -2.34. The molecular weight excluding hydrogens is 650 g/mol. The average Bonchev–Trinajstić information content (AvgIpc) is 2.99. The van der Waals surface area contributed by atoms with Crippen molar-refractivity contribution in [2.24, 2.45) is 0 Å². The van der Waals surface area contributed by atoms with Crippen LogP contribution in [0.3, 0.4) is 0 Å². The first kappa shape index (κ1) is 32.3. The number of sulfonamides is 1. The summed E-state index contributed by atoms with van der Waals surface area (Å²) < 4.78 is 29.8. The number of halogens is 2. The van der Waals surface area contributed by atoms with E-state index in [1.54, 1.807) is 36.4 Å². The fraction of sp³-hybridized carbons (Fsp3) is 0.212. The molecule has 43 heavy (non-hydrogen) atoms. The van der Waals surface area contributed by atoms with Crippen LogP contribution >= 0.6 is 27.5 Å². The minimum Gasteiger partial charge on any atom is -0.352 e. The molecule has 224 valence electrons. The van der Waals surface area contributed by atoms with Gasteiger partial charge < -0.3 is 10.2 Å². The lowest BCUT2D eigenvalue weighted by molar-refractivity contribution is -0.140. The summed E-state index contributed by atoms with van der Waals surface area (Å²) in [6.07, 6.45) is 0.240. The lowest BCUT2D eigenvalue weighted by atomic mass is 10.0. The monoisotopic (exact) mass is 681 g/mol. The van der Waals surface area contributed by atoms with Crippen molar-refractivity contribution in [2.75, 3.05) is 10.8 Å². The van der Waals surface area contributed by atoms with Crippen molar-refractivity contribution < 1.29 is 18.0 Å². The summed E-state index contributed by atoms with van der Waals surface area (Å²) in [7, 11) is -4.18. The Morgan fingerprint density at radius 3 is 2.07 bits per heavy atom. The highest BCUT2D eigenvalue weighted by molar-refractivity contribution is 9.10. The Hall–Kier alpha value is -3.66. The number of nitrogens with one attached hydrogen (secondary N) is 1. The van der Waals surface area contributed by atoms with E-state index in [4.69, 9.17) is 11.6 Å². The van der Waals surface area contributed by atoms with Crippen molar-refractivity contribution in [3.8, 4) is 0 Å². The summed E-state index contributed by atoms with van der Waals surface area (Å²) in [6, 6.07) is 30.1. The molecule has 4 aromatic carbocycles. The Morgan fingerprint density at radius 1 is 0.837 bits per heavy atom. The molecule has 0 saturated carbocycles. The summed E-state index contributed by atoms with van der Waals surface area (Å²) in [5.41, 5.74) is 1.88. The molecule has 0 heterocycles. The van der Waals surface area contributed by atoms with Gasteiger partial charge >= 0.3 is 0 Å². The minimum absolute atomic E-state index is 0.0284. The Balaban J connectivity index is 1.80. The van der Waals surface area contributed by atoms with E-state index in [9.17, 15) is 18.0 Å². The van der Waals surface area contributed by atoms with E-state index in [0.29, 0.717) is 5.02 Å². The normalized spacial score (nSPS) is 12.0. The molecule has 1 N–H and O–H groups in total. The van der Waals surface area contributed by atoms with Crippen LogP contribution in [0.2, 0.25) is 5.02 Å². The van der Waals surface area contributed by atoms with E-state index in [-0.39, 0.29) is 35.5 Å². The standard InChI is InChI=1S/C33H33BrClN3O4S/c1-24(2)36-33(40)31(20-25-10-5-3-6-11-25)37(22-26-16-18-27(34)19-17-26)32(39)23-38(29-13-9-12-28(35)21-29)43(41,42)30-14-7-4-8-15-30/h3-19,21,24,31H,20,22-23H2,1-2H3,(H,36,40)/t31-/m1/s1. The topological polar surface area (TPSA) is 86.8 Å². The third-order valence-electron chi connectivity index (χ3n) is 6.67. The Bertz CT molecular complexity index is 1640. The van der Waals surface area contributed by atoms with Crippen molar-refractivity contribution in [2.45, 2.75) is 43.8 Å². The van der Waals surface area contributed by atoms with Crippen LogP contribution in [0, 0.1) is 0 Å². The number of hydrogen-bond donors (Lipinski definition) is 1. The van der Waals surface area contributed by atoms with Gasteiger partial charge in [-0.15, -0.1) is 0 Å². The molecule has 0 aliphatic heterocycles. The number of rotatable bonds is 12. The summed E-state index contributed by atoms with van der Waals surface area (Å²) in [4.78, 5) is 29.6. The molecule has 10 heteroatoms. The molecule has 4 rings (SSSR count). The maximum absolute atomic E-state index is 14.4. The van der Waals surface area contributed by atoms with Gasteiger partial charge in [0.05, 0.1) is 10.6 Å². The smallest absolute Gasteiger partial charge is 0.264 e. The third-order valence-corrected chi connectivity index (χ3v) is 9.23. The van der Waals surface area contributed by atoms with Gasteiger partial charge in [-0.1, -0.05) is 94.3 Å². The molecule has 0 aromatic heterocycles. The molecule has 1 atom stereocenters. The first-order chi connectivity index (χ1) is 20.5. The summed E-state index contributed by atoms with van der Waals surface area (Å²) >= 11 is 9.71. The minimum atomic E-state index is -4.18. The van der Waals surface area contributed by atoms with Gasteiger partial charge in [0.2, 0.25) is 11.8 Å². The summed E-state index contributed by atoms with van der Waals surface area (Å²) in [6.45, 7) is 3.25. The van der Waals surface area contributed by atoms with Crippen molar-refractivity contribution in [3.63, 3.8) is 0 Å². The predicted molar refractivity (Wildman–Crippen MR) is 174 cm³/mol. The van der Waals surface area contributed by atoms with E-state index in [1.165, 1.54) is 23.1 Å². The summed E-state index contributed by atoms with van der Waals surface area (Å²) in [5, 5.41) is 3.27. The number of benzene rings is 4. The largest absolute Gasteiger partial charge is 0.352 e. The van der Waals surface area contributed by atoms with Gasteiger partial charge in [0.15, 0.2) is 0 Å². The van der Waals surface area contributed by atoms with Crippen LogP contribution in [0.5, 0.6) is 0 Å². The SMILES string of the molecule is CC(C)NC(=O)[C@@H](Cc1ccccc1)N(Cc1ccc(Br)cc1)C(=O)CN(c1cccc(Cl)c1)S(=O)(=O)c1ccccc1. The van der Waals surface area contributed by atoms with Crippen LogP contribution in [0.4, 0.5) is 5.69 Å². The Labute approximate surface area is 266 Å². The number of carbonyl (C=O) groups excluding carboxylic acids is 2. The van der Waals surface area contributed by atoms with Crippen LogP contribution < -0.4 is 9.62 Å². The molecule has 2 amide bonds. The second-order valence-corrected chi connectivity index (χ2v) is 13.5. The molecule has 0 fully saturated rings. The second-order valence-electron chi connectivity index (χ2n) is 10.3. The van der Waals surface area contributed by atoms with E-state index in [0.717, 1.165) is 19.9 Å². The average molecular weight is 683 g/mol. The van der Waals surface area contributed by atoms with Gasteiger partial charge in [0.1, 0.15) is 12.6 Å². The Kier molecular flexibility index (Phi) is 11.0. The molecule has 7 nitrogen and oxygen atoms in total. The fourth-order valence-corrected chi connectivity index (χ4v) is 6.48. The first-order valence-corrected chi connectivity index (χ1v) is 16.4. The highest BCUT2D eigenvalue weighted by Crippen LogP contribution is 2.27. The highest BCUT2D eigenvalue weighted by Gasteiger charge is 2.34. The van der Waals surface area contributed by atoms with Crippen LogP contribution in [0.1, 0.15) is 25.0 Å². The van der Waals surface area contributed by atoms with Gasteiger partial charge in [-0.05, 0) is 67.4 Å². The number of anilines is 1. The second kappa shape index (κ2) is 14.7. The maximum atomic E-state index is 14.4. The van der Waals surface area contributed by atoms with Gasteiger partial charge in [-0.25, -0.2) is 8.42 Å².